The van der Waals surface area contributed by atoms with Gasteiger partial charge in [-0.15, -0.1) is 0 Å². The van der Waals surface area contributed by atoms with E-state index in [1.54, 1.807) is 0 Å². The summed E-state index contributed by atoms with van der Waals surface area (Å²) in [6.07, 6.45) is 73.6. The minimum atomic E-state index is -4.97. The van der Waals surface area contributed by atoms with Gasteiger partial charge in [0.05, 0.1) is 26.4 Å². The van der Waals surface area contributed by atoms with Crippen molar-refractivity contribution in [2.75, 3.05) is 39.6 Å². The fraction of sp³-hybridized carbons (Fsp3) is 0.954. The van der Waals surface area contributed by atoms with Crippen LogP contribution in [-0.2, 0) is 65.4 Å². The van der Waals surface area contributed by atoms with Gasteiger partial charge in [-0.3, -0.25) is 37.3 Å². The number of ether oxygens (including phenoxy) is 4. The van der Waals surface area contributed by atoms with Crippen LogP contribution in [0.5, 0.6) is 0 Å². The fourth-order valence-electron chi connectivity index (χ4n) is 13.6. The third kappa shape index (κ3) is 80.1. The Kier molecular flexibility index (Phi) is 78.2. The molecule has 19 heteroatoms. The van der Waals surface area contributed by atoms with Gasteiger partial charge >= 0.3 is 39.5 Å². The smallest absolute Gasteiger partial charge is 0.462 e. The number of hydrogen-bond donors (Lipinski definition) is 3. The van der Waals surface area contributed by atoms with Crippen molar-refractivity contribution in [1.29, 1.82) is 0 Å². The number of phosphoric acid groups is 2. The summed E-state index contributed by atoms with van der Waals surface area (Å²) in [4.78, 5) is 73.3. The third-order valence-electron chi connectivity index (χ3n) is 20.5. The van der Waals surface area contributed by atoms with Gasteiger partial charge in [-0.05, 0) is 31.6 Å². The molecule has 5 atom stereocenters. The molecule has 2 unspecified atom stereocenters. The van der Waals surface area contributed by atoms with E-state index in [1.165, 1.54) is 295 Å². The molecule has 106 heavy (non-hydrogen) atoms. The first-order valence-corrected chi connectivity index (χ1v) is 48.1. The summed E-state index contributed by atoms with van der Waals surface area (Å²) in [6.45, 7) is 7.40. The predicted octanol–water partition coefficient (Wildman–Crippen LogP) is 26.8. The van der Waals surface area contributed by atoms with Crippen LogP contribution < -0.4 is 0 Å². The largest absolute Gasteiger partial charge is 0.472 e. The van der Waals surface area contributed by atoms with Gasteiger partial charge in [-0.2, -0.15) is 0 Å². The molecular weight excluding hydrogens is 1380 g/mol. The van der Waals surface area contributed by atoms with Gasteiger partial charge < -0.3 is 33.8 Å². The molecule has 0 aliphatic heterocycles. The highest BCUT2D eigenvalue weighted by Gasteiger charge is 2.30. The number of aliphatic hydroxyl groups excluding tert-OH is 1. The maximum atomic E-state index is 13.2. The van der Waals surface area contributed by atoms with Crippen LogP contribution in [-0.4, -0.2) is 96.7 Å². The molecule has 0 spiro atoms. The van der Waals surface area contributed by atoms with Crippen molar-refractivity contribution in [3.05, 3.63) is 0 Å². The van der Waals surface area contributed by atoms with Crippen molar-refractivity contribution < 1.29 is 80.2 Å². The summed E-state index contributed by atoms with van der Waals surface area (Å²) in [7, 11) is -9.93. The molecule has 0 saturated carbocycles. The van der Waals surface area contributed by atoms with Crippen molar-refractivity contribution in [2.24, 2.45) is 5.92 Å². The Morgan fingerprint density at radius 3 is 0.642 bits per heavy atom. The van der Waals surface area contributed by atoms with Crippen LogP contribution in [0.1, 0.15) is 471 Å². The lowest BCUT2D eigenvalue weighted by Gasteiger charge is -2.21. The fourth-order valence-corrected chi connectivity index (χ4v) is 15.2. The number of esters is 4. The average molecular weight is 1550 g/mol. The van der Waals surface area contributed by atoms with E-state index >= 15 is 0 Å². The molecule has 0 radical (unpaired) electrons. The summed E-state index contributed by atoms with van der Waals surface area (Å²) in [5.41, 5.74) is 0. The van der Waals surface area contributed by atoms with Crippen LogP contribution in [0.25, 0.3) is 0 Å². The Balaban J connectivity index is 5.23. The van der Waals surface area contributed by atoms with Gasteiger partial charge in [0.25, 0.3) is 0 Å². The second-order valence-electron chi connectivity index (χ2n) is 31.8. The second-order valence-corrected chi connectivity index (χ2v) is 34.7. The van der Waals surface area contributed by atoms with E-state index in [1.807, 2.05) is 0 Å². The first kappa shape index (κ1) is 104. The Hall–Kier alpha value is -1.94. The predicted molar refractivity (Wildman–Crippen MR) is 437 cm³/mol. The van der Waals surface area contributed by atoms with E-state index in [0.29, 0.717) is 25.7 Å². The van der Waals surface area contributed by atoms with Gasteiger partial charge in [0.2, 0.25) is 0 Å². The average Bonchev–Trinajstić information content (AvgIpc) is 0.905. The maximum absolute atomic E-state index is 13.2. The zero-order chi connectivity index (χ0) is 77.6. The van der Waals surface area contributed by atoms with Gasteiger partial charge in [-0.1, -0.05) is 420 Å². The lowest BCUT2D eigenvalue weighted by molar-refractivity contribution is -0.161. The molecule has 3 N–H and O–H groups in total. The first-order chi connectivity index (χ1) is 51.5. The lowest BCUT2D eigenvalue weighted by atomic mass is 10.0. The Labute approximate surface area is 651 Å². The Morgan fingerprint density at radius 1 is 0.255 bits per heavy atom. The molecule has 0 aliphatic rings. The van der Waals surface area contributed by atoms with Crippen molar-refractivity contribution in [3.8, 4) is 0 Å². The highest BCUT2D eigenvalue weighted by Crippen LogP contribution is 2.45. The topological polar surface area (TPSA) is 237 Å². The van der Waals surface area contributed by atoms with E-state index in [4.69, 9.17) is 37.0 Å². The molecule has 630 valence electrons. The van der Waals surface area contributed by atoms with E-state index in [-0.39, 0.29) is 25.7 Å². The molecule has 17 nitrogen and oxygen atoms in total. The molecule has 0 aromatic heterocycles. The molecule has 0 bridgehead atoms. The van der Waals surface area contributed by atoms with Gasteiger partial charge in [0.1, 0.15) is 19.3 Å². The molecule has 0 aliphatic carbocycles. The molecule has 0 rings (SSSR count). The van der Waals surface area contributed by atoms with Crippen molar-refractivity contribution >= 4 is 39.5 Å². The van der Waals surface area contributed by atoms with Crippen LogP contribution in [0.15, 0.2) is 0 Å². The van der Waals surface area contributed by atoms with Crippen LogP contribution >= 0.6 is 15.6 Å². The van der Waals surface area contributed by atoms with Gasteiger partial charge in [0.15, 0.2) is 12.2 Å². The molecule has 0 aromatic carbocycles. The number of hydrogen-bond acceptors (Lipinski definition) is 15. The normalized spacial score (nSPS) is 13.7. The van der Waals surface area contributed by atoms with E-state index in [2.05, 4.69) is 34.6 Å². The SMILES string of the molecule is CCCCCCCCCCCCCCCCCCCCCCCC(=O)O[C@H](COC(=O)CCCCCCCCCCCCCCCCCCC(C)C)COP(=O)(O)OC[C@@H](O)COP(=O)(O)OC[C@@H](COC(=O)CCCCCCCCCCCCC)OC(=O)CCCCCCCCCCCCCCCCC. The molecule has 0 saturated heterocycles. The number of phosphoric ester groups is 2. The molecular formula is C87H170O17P2. The Bertz CT molecular complexity index is 2010. The van der Waals surface area contributed by atoms with Crippen molar-refractivity contribution in [3.63, 3.8) is 0 Å². The van der Waals surface area contributed by atoms with Gasteiger partial charge in [0, 0.05) is 25.7 Å². The van der Waals surface area contributed by atoms with Gasteiger partial charge in [-0.25, -0.2) is 9.13 Å². The summed E-state index contributed by atoms with van der Waals surface area (Å²) < 4.78 is 68.9. The van der Waals surface area contributed by atoms with Crippen molar-refractivity contribution in [1.82, 2.24) is 0 Å². The van der Waals surface area contributed by atoms with Crippen LogP contribution in [0.2, 0.25) is 0 Å². The van der Waals surface area contributed by atoms with Crippen LogP contribution in [0.4, 0.5) is 0 Å². The number of carbonyl (C=O) groups is 4. The monoisotopic (exact) mass is 1550 g/mol. The zero-order valence-electron chi connectivity index (χ0n) is 69.6. The number of carbonyl (C=O) groups excluding carboxylic acids is 4. The number of aliphatic hydroxyl groups is 1. The van der Waals surface area contributed by atoms with Crippen molar-refractivity contribution in [2.45, 2.75) is 490 Å². The zero-order valence-corrected chi connectivity index (χ0v) is 71.4. The van der Waals surface area contributed by atoms with E-state index in [0.717, 1.165) is 95.8 Å². The molecule has 0 amide bonds. The second kappa shape index (κ2) is 79.7. The summed E-state index contributed by atoms with van der Waals surface area (Å²) in [5.74, 6) is -1.28. The number of rotatable bonds is 87. The standard InChI is InChI=1S/C87H170O17P2/c1-6-9-12-15-18-21-24-26-28-29-30-31-32-33-39-43-48-53-58-63-68-73-87(92)104-83(77-98-85(90)71-66-61-56-51-46-41-38-35-34-37-40-45-49-54-59-64-69-80(4)5)79-102-106(95,96)100-75-81(88)74-99-105(93,94)101-78-82(76-97-84(89)70-65-60-55-50-44-23-20-17-14-11-8-3)103-86(91)72-67-62-57-52-47-42-36-27-25-22-19-16-13-10-7-2/h80-83,88H,6-79H2,1-5H3,(H,93,94)(H,95,96)/t81-,82+,83+/m0/s1. The third-order valence-corrected chi connectivity index (χ3v) is 22.4. The summed E-state index contributed by atoms with van der Waals surface area (Å²) >= 11 is 0. The van der Waals surface area contributed by atoms with Crippen LogP contribution in [0, 0.1) is 5.92 Å². The quantitative estimate of drug-likeness (QED) is 0.0222. The minimum absolute atomic E-state index is 0.109. The molecule has 0 fully saturated rings. The Morgan fingerprint density at radius 2 is 0.434 bits per heavy atom. The van der Waals surface area contributed by atoms with E-state index < -0.39 is 97.5 Å². The van der Waals surface area contributed by atoms with E-state index in [9.17, 15) is 43.2 Å². The summed E-state index contributed by atoms with van der Waals surface area (Å²) in [5, 5.41) is 10.7. The summed E-state index contributed by atoms with van der Waals surface area (Å²) in [6, 6.07) is 0. The highest BCUT2D eigenvalue weighted by atomic mass is 31.2. The first-order valence-electron chi connectivity index (χ1n) is 45.1. The highest BCUT2D eigenvalue weighted by molar-refractivity contribution is 7.47. The minimum Gasteiger partial charge on any atom is -0.462 e. The number of unbranched alkanes of at least 4 members (excludes halogenated alkanes) is 59. The molecule has 0 heterocycles. The molecule has 0 aromatic rings. The maximum Gasteiger partial charge on any atom is 0.472 e. The lowest BCUT2D eigenvalue weighted by Crippen LogP contribution is -2.30. The van der Waals surface area contributed by atoms with Crippen LogP contribution in [0.3, 0.4) is 0 Å².